The van der Waals surface area contributed by atoms with E-state index in [1.807, 2.05) is 6.07 Å². The maximum Gasteiger partial charge on any atom is 0.166 e. The highest BCUT2D eigenvalue weighted by Gasteiger charge is 2.00. The van der Waals surface area contributed by atoms with E-state index in [9.17, 15) is 0 Å². The van der Waals surface area contributed by atoms with E-state index in [-0.39, 0.29) is 0 Å². The zero-order chi connectivity index (χ0) is 11.8. The third-order valence-corrected chi connectivity index (χ3v) is 2.79. The van der Waals surface area contributed by atoms with Crippen molar-refractivity contribution in [3.8, 4) is 0 Å². The average molecular weight is 236 g/mol. The second kappa shape index (κ2) is 7.23. The van der Waals surface area contributed by atoms with E-state index < -0.39 is 0 Å². The second-order valence-electron chi connectivity index (χ2n) is 3.95. The van der Waals surface area contributed by atoms with Crippen molar-refractivity contribution in [2.45, 2.75) is 32.7 Å². The van der Waals surface area contributed by atoms with Crippen molar-refractivity contribution < 1.29 is 0 Å². The van der Waals surface area contributed by atoms with Gasteiger partial charge in [-0.15, -0.1) is 0 Å². The van der Waals surface area contributed by atoms with E-state index >= 15 is 0 Å². The Balaban J connectivity index is 2.18. The number of benzene rings is 1. The van der Waals surface area contributed by atoms with E-state index in [0.717, 1.165) is 24.5 Å². The van der Waals surface area contributed by atoms with Crippen LogP contribution in [-0.2, 0) is 6.42 Å². The summed E-state index contributed by atoms with van der Waals surface area (Å²) in [4.78, 5) is 0. The molecular formula is C13H20N2S. The normalized spacial score (nSPS) is 11.9. The molecule has 0 heterocycles. The van der Waals surface area contributed by atoms with Crippen LogP contribution in [0.25, 0.3) is 0 Å². The average Bonchev–Trinajstić information content (AvgIpc) is 2.30. The highest BCUT2D eigenvalue weighted by molar-refractivity contribution is 7.80. The molecule has 0 aliphatic heterocycles. The molecule has 0 saturated heterocycles. The van der Waals surface area contributed by atoms with Crippen molar-refractivity contribution in [2.75, 3.05) is 6.54 Å². The van der Waals surface area contributed by atoms with Crippen molar-refractivity contribution in [3.05, 3.63) is 35.9 Å². The van der Waals surface area contributed by atoms with Gasteiger partial charge in [-0.2, -0.15) is 0 Å². The quantitative estimate of drug-likeness (QED) is 0.768. The third kappa shape index (κ3) is 5.12. The topological polar surface area (TPSA) is 24.1 Å². The Morgan fingerprint density at radius 2 is 2.00 bits per heavy atom. The summed E-state index contributed by atoms with van der Waals surface area (Å²) < 4.78 is 0. The van der Waals surface area contributed by atoms with Crippen LogP contribution in [0.4, 0.5) is 0 Å². The Labute approximate surface area is 103 Å². The molecule has 88 valence electrons. The van der Waals surface area contributed by atoms with Gasteiger partial charge in [0, 0.05) is 12.6 Å². The lowest BCUT2D eigenvalue weighted by molar-refractivity contribution is 0.632. The standard InChI is InChI=1S/C13H20N2S/c1-3-11(2)15-13(16)14-10-9-12-7-5-4-6-8-12/h4-8,11H,3,9-10H2,1-2H3,(H2,14,15,16). The van der Waals surface area contributed by atoms with Gasteiger partial charge in [-0.3, -0.25) is 0 Å². The van der Waals surface area contributed by atoms with E-state index in [2.05, 4.69) is 48.7 Å². The van der Waals surface area contributed by atoms with Gasteiger partial charge >= 0.3 is 0 Å². The first-order valence-corrected chi connectivity index (χ1v) is 6.21. The second-order valence-corrected chi connectivity index (χ2v) is 4.35. The summed E-state index contributed by atoms with van der Waals surface area (Å²) in [5.74, 6) is 0. The van der Waals surface area contributed by atoms with Crippen LogP contribution >= 0.6 is 12.2 Å². The lowest BCUT2D eigenvalue weighted by Crippen LogP contribution is -2.40. The van der Waals surface area contributed by atoms with Gasteiger partial charge in [-0.05, 0) is 37.5 Å². The van der Waals surface area contributed by atoms with Crippen molar-refractivity contribution in [1.82, 2.24) is 10.6 Å². The molecule has 2 N–H and O–H groups in total. The first kappa shape index (κ1) is 13.0. The maximum atomic E-state index is 5.19. The van der Waals surface area contributed by atoms with Crippen molar-refractivity contribution >= 4 is 17.3 Å². The van der Waals surface area contributed by atoms with Crippen LogP contribution < -0.4 is 10.6 Å². The van der Waals surface area contributed by atoms with Crippen molar-refractivity contribution in [2.24, 2.45) is 0 Å². The molecule has 0 spiro atoms. The Bertz CT molecular complexity index is 311. The highest BCUT2D eigenvalue weighted by Crippen LogP contribution is 1.98. The lowest BCUT2D eigenvalue weighted by Gasteiger charge is -2.15. The Hall–Kier alpha value is -1.09. The first-order valence-electron chi connectivity index (χ1n) is 5.80. The minimum absolute atomic E-state index is 0.441. The van der Waals surface area contributed by atoms with Gasteiger partial charge in [-0.1, -0.05) is 37.3 Å². The van der Waals surface area contributed by atoms with Gasteiger partial charge in [0.15, 0.2) is 5.11 Å². The fraction of sp³-hybridized carbons (Fsp3) is 0.462. The molecule has 1 aromatic carbocycles. The van der Waals surface area contributed by atoms with E-state index in [1.54, 1.807) is 0 Å². The van der Waals surface area contributed by atoms with Gasteiger partial charge in [0.1, 0.15) is 0 Å². The zero-order valence-electron chi connectivity index (χ0n) is 9.99. The molecule has 1 atom stereocenters. The summed E-state index contributed by atoms with van der Waals surface area (Å²) in [7, 11) is 0. The highest BCUT2D eigenvalue weighted by atomic mass is 32.1. The van der Waals surface area contributed by atoms with Crippen LogP contribution in [0.5, 0.6) is 0 Å². The Morgan fingerprint density at radius 3 is 2.62 bits per heavy atom. The van der Waals surface area contributed by atoms with E-state index in [1.165, 1.54) is 5.56 Å². The molecule has 3 heteroatoms. The van der Waals surface area contributed by atoms with Gasteiger partial charge in [0.05, 0.1) is 0 Å². The van der Waals surface area contributed by atoms with Crippen LogP contribution in [0.1, 0.15) is 25.8 Å². The van der Waals surface area contributed by atoms with Gasteiger partial charge in [0.2, 0.25) is 0 Å². The molecule has 0 aliphatic rings. The summed E-state index contributed by atoms with van der Waals surface area (Å²) in [6, 6.07) is 10.9. The predicted octanol–water partition coefficient (Wildman–Crippen LogP) is 2.49. The third-order valence-electron chi connectivity index (χ3n) is 2.53. The Morgan fingerprint density at radius 1 is 1.31 bits per heavy atom. The van der Waals surface area contributed by atoms with Gasteiger partial charge in [-0.25, -0.2) is 0 Å². The summed E-state index contributed by atoms with van der Waals surface area (Å²) >= 11 is 5.19. The molecule has 0 saturated carbocycles. The molecule has 0 radical (unpaired) electrons. The zero-order valence-corrected chi connectivity index (χ0v) is 10.8. The van der Waals surface area contributed by atoms with Crippen LogP contribution in [0, 0.1) is 0 Å². The first-order chi connectivity index (χ1) is 7.72. The van der Waals surface area contributed by atoms with Gasteiger partial charge in [0.25, 0.3) is 0 Å². The maximum absolute atomic E-state index is 5.19. The van der Waals surface area contributed by atoms with E-state index in [0.29, 0.717) is 6.04 Å². The predicted molar refractivity (Wildman–Crippen MR) is 73.6 cm³/mol. The molecule has 0 fully saturated rings. The molecule has 16 heavy (non-hydrogen) atoms. The lowest BCUT2D eigenvalue weighted by atomic mass is 10.1. The van der Waals surface area contributed by atoms with Crippen LogP contribution in [0.3, 0.4) is 0 Å². The molecule has 1 aromatic rings. The summed E-state index contributed by atoms with van der Waals surface area (Å²) in [5, 5.41) is 7.21. The molecule has 0 aliphatic carbocycles. The SMILES string of the molecule is CCC(C)NC(=S)NCCc1ccccc1. The summed E-state index contributed by atoms with van der Waals surface area (Å²) in [5.41, 5.74) is 1.33. The monoisotopic (exact) mass is 236 g/mol. The van der Waals surface area contributed by atoms with E-state index in [4.69, 9.17) is 12.2 Å². The van der Waals surface area contributed by atoms with Crippen LogP contribution in [0.15, 0.2) is 30.3 Å². The minimum Gasteiger partial charge on any atom is -0.362 e. The molecule has 1 rings (SSSR count). The largest absolute Gasteiger partial charge is 0.362 e. The number of hydrogen-bond acceptors (Lipinski definition) is 1. The fourth-order valence-electron chi connectivity index (χ4n) is 1.34. The molecular weight excluding hydrogens is 216 g/mol. The fourth-order valence-corrected chi connectivity index (χ4v) is 1.65. The number of hydrogen-bond donors (Lipinski definition) is 2. The molecule has 0 bridgehead atoms. The summed E-state index contributed by atoms with van der Waals surface area (Å²) in [6.07, 6.45) is 2.09. The van der Waals surface area contributed by atoms with Crippen LogP contribution in [0.2, 0.25) is 0 Å². The minimum atomic E-state index is 0.441. The number of rotatable bonds is 5. The smallest absolute Gasteiger partial charge is 0.166 e. The molecule has 2 nitrogen and oxygen atoms in total. The number of nitrogens with one attached hydrogen (secondary N) is 2. The van der Waals surface area contributed by atoms with Gasteiger partial charge < -0.3 is 10.6 Å². The molecule has 0 aromatic heterocycles. The van der Waals surface area contributed by atoms with Crippen molar-refractivity contribution in [1.29, 1.82) is 0 Å². The van der Waals surface area contributed by atoms with Crippen molar-refractivity contribution in [3.63, 3.8) is 0 Å². The molecule has 1 unspecified atom stereocenters. The summed E-state index contributed by atoms with van der Waals surface area (Å²) in [6.45, 7) is 5.15. The number of thiocarbonyl (C=S) groups is 1. The van der Waals surface area contributed by atoms with Crippen LogP contribution in [-0.4, -0.2) is 17.7 Å². The Kier molecular flexibility index (Phi) is 5.86. The molecule has 0 amide bonds.